The molecule has 8 heteroatoms. The van der Waals surface area contributed by atoms with E-state index in [2.05, 4.69) is 4.72 Å². The van der Waals surface area contributed by atoms with Gasteiger partial charge in [0.05, 0.1) is 17.5 Å². The number of carbonyl (C=O) groups is 1. The van der Waals surface area contributed by atoms with Gasteiger partial charge in [-0.25, -0.2) is 8.42 Å². The van der Waals surface area contributed by atoms with E-state index in [0.29, 0.717) is 13.0 Å². The summed E-state index contributed by atoms with van der Waals surface area (Å²) < 4.78 is 26.4. The number of nitrogens with zero attached hydrogens (tertiary/aromatic N) is 1. The average molecular weight is 311 g/mol. The van der Waals surface area contributed by atoms with Gasteiger partial charge >= 0.3 is 0 Å². The number of likely N-dealkylation sites (tertiary alicyclic amines) is 1. The van der Waals surface area contributed by atoms with Crippen molar-refractivity contribution in [3.05, 3.63) is 30.3 Å². The number of benzene rings is 1. The average Bonchev–Trinajstić information content (AvgIpc) is 2.45. The van der Waals surface area contributed by atoms with E-state index >= 15 is 0 Å². The van der Waals surface area contributed by atoms with E-state index in [9.17, 15) is 23.1 Å². The highest BCUT2D eigenvalue weighted by Crippen LogP contribution is 2.17. The Balaban J connectivity index is 2.12. The minimum absolute atomic E-state index is 0.00152. The summed E-state index contributed by atoms with van der Waals surface area (Å²) in [5.41, 5.74) is 0. The van der Waals surface area contributed by atoms with Gasteiger partial charge in [-0.1, -0.05) is 18.2 Å². The van der Waals surface area contributed by atoms with Crippen LogP contribution in [-0.2, 0) is 19.6 Å². The monoisotopic (exact) mass is 311 g/mol. The number of hydrogen-bond donors (Lipinski definition) is 2. The van der Waals surface area contributed by atoms with E-state index in [4.69, 9.17) is 0 Å². The minimum atomic E-state index is -3.91. The maximum atomic E-state index is 12.1. The fraction of sp³-hybridized carbons (Fsp3) is 0.385. The maximum absolute atomic E-state index is 12.1. The number of carbonyl (C=O) groups excluding carboxylic acids is 2. The van der Waals surface area contributed by atoms with Crippen molar-refractivity contribution in [2.24, 2.45) is 0 Å². The second-order valence-electron chi connectivity index (χ2n) is 4.62. The second-order valence-corrected chi connectivity index (χ2v) is 6.34. The molecule has 2 rings (SSSR count). The molecule has 21 heavy (non-hydrogen) atoms. The maximum Gasteiger partial charge on any atom is 0.243 e. The number of aliphatic hydroxyl groups excluding tert-OH is 1. The lowest BCUT2D eigenvalue weighted by Gasteiger charge is -2.38. The number of amides is 1. The largest absolute Gasteiger partial charge is 0.394 e. The quantitative estimate of drug-likeness (QED) is 0.704. The highest BCUT2D eigenvalue weighted by Gasteiger charge is 2.37. The fourth-order valence-corrected chi connectivity index (χ4v) is 3.20. The van der Waals surface area contributed by atoms with Gasteiger partial charge in [0.1, 0.15) is 6.04 Å². The molecule has 1 aromatic rings. The van der Waals surface area contributed by atoms with Gasteiger partial charge in [-0.15, -0.1) is 0 Å². The molecule has 113 valence electrons. The summed E-state index contributed by atoms with van der Waals surface area (Å²) in [5, 5.41) is 9.26. The molecule has 1 radical (unpaired) electrons. The number of sulfonamides is 1. The van der Waals surface area contributed by atoms with Crippen LogP contribution in [0.25, 0.3) is 0 Å². The lowest BCUT2D eigenvalue weighted by molar-refractivity contribution is -0.139. The lowest BCUT2D eigenvalue weighted by atomic mass is 10.0. The van der Waals surface area contributed by atoms with Crippen LogP contribution in [0.1, 0.15) is 6.42 Å². The first-order valence-electron chi connectivity index (χ1n) is 6.36. The van der Waals surface area contributed by atoms with Gasteiger partial charge in [0, 0.05) is 6.54 Å². The summed E-state index contributed by atoms with van der Waals surface area (Å²) in [5.74, 6) is -0.628. The molecule has 2 N–H and O–H groups in total. The molecule has 2 atom stereocenters. The predicted molar refractivity (Wildman–Crippen MR) is 73.4 cm³/mol. The van der Waals surface area contributed by atoms with Crippen LogP contribution < -0.4 is 4.72 Å². The summed E-state index contributed by atoms with van der Waals surface area (Å²) >= 11 is 0. The van der Waals surface area contributed by atoms with E-state index in [-0.39, 0.29) is 4.90 Å². The Hall–Kier alpha value is -1.77. The Morgan fingerprint density at radius 3 is 2.57 bits per heavy atom. The summed E-state index contributed by atoms with van der Waals surface area (Å²) in [6.45, 7) is -0.338. The van der Waals surface area contributed by atoms with E-state index < -0.39 is 34.6 Å². The van der Waals surface area contributed by atoms with Gasteiger partial charge in [0.15, 0.2) is 0 Å². The topological polar surface area (TPSA) is 104 Å². The molecular formula is C13H15N2O5S. The van der Waals surface area contributed by atoms with Crippen molar-refractivity contribution in [3.8, 4) is 0 Å². The van der Waals surface area contributed by atoms with Crippen molar-refractivity contribution in [2.75, 3.05) is 13.2 Å². The lowest BCUT2D eigenvalue weighted by Crippen LogP contribution is -2.59. The normalized spacial score (nSPS) is 19.7. The molecule has 1 saturated heterocycles. The second kappa shape index (κ2) is 6.33. The summed E-state index contributed by atoms with van der Waals surface area (Å²) in [6.07, 6.45) is 2.20. The molecule has 1 amide bonds. The molecule has 7 nitrogen and oxygen atoms in total. The first-order valence-corrected chi connectivity index (χ1v) is 7.84. The molecule has 0 aliphatic carbocycles. The van der Waals surface area contributed by atoms with Crippen molar-refractivity contribution in [3.63, 3.8) is 0 Å². The molecular weight excluding hydrogens is 296 g/mol. The molecule has 0 aromatic heterocycles. The number of aliphatic hydroxyl groups is 1. The highest BCUT2D eigenvalue weighted by atomic mass is 32.2. The fourth-order valence-electron chi connectivity index (χ4n) is 1.99. The smallest absolute Gasteiger partial charge is 0.243 e. The molecule has 1 unspecified atom stereocenters. The molecule has 1 fully saturated rings. The first-order chi connectivity index (χ1) is 9.99. The van der Waals surface area contributed by atoms with Crippen molar-refractivity contribution in [2.45, 2.75) is 23.4 Å². The molecule has 1 aliphatic heterocycles. The Morgan fingerprint density at radius 2 is 2.10 bits per heavy atom. The SMILES string of the molecule is O=[C]C1CCN1C(=O)[C@@H](CO)NS(=O)(=O)c1ccccc1. The van der Waals surface area contributed by atoms with Crippen LogP contribution in [-0.4, -0.2) is 55.9 Å². The van der Waals surface area contributed by atoms with Gasteiger partial charge in [-0.2, -0.15) is 4.72 Å². The molecule has 1 heterocycles. The van der Waals surface area contributed by atoms with Crippen LogP contribution >= 0.6 is 0 Å². The standard InChI is InChI=1S/C13H15N2O5S/c16-8-10-6-7-15(10)13(18)12(9-17)14-21(19,20)11-4-2-1-3-5-11/h1-5,10,12,14,17H,6-7,9H2/t10?,12-/m1/s1. The van der Waals surface area contributed by atoms with Crippen LogP contribution in [0.15, 0.2) is 35.2 Å². The van der Waals surface area contributed by atoms with Crippen LogP contribution in [0.2, 0.25) is 0 Å². The molecule has 1 aromatic carbocycles. The third kappa shape index (κ3) is 3.29. The first kappa shape index (κ1) is 15.6. The Kier molecular flexibility index (Phi) is 4.71. The zero-order valence-corrected chi connectivity index (χ0v) is 11.9. The van der Waals surface area contributed by atoms with Crippen molar-refractivity contribution in [1.82, 2.24) is 9.62 Å². The van der Waals surface area contributed by atoms with Crippen LogP contribution in [0, 0.1) is 0 Å². The number of hydrogen-bond acceptors (Lipinski definition) is 5. The van der Waals surface area contributed by atoms with Crippen LogP contribution in [0.4, 0.5) is 0 Å². The van der Waals surface area contributed by atoms with Gasteiger partial charge in [-0.05, 0) is 18.6 Å². The van der Waals surface area contributed by atoms with Gasteiger partial charge in [0.25, 0.3) is 0 Å². The van der Waals surface area contributed by atoms with E-state index in [1.165, 1.54) is 17.0 Å². The molecule has 1 aliphatic rings. The Morgan fingerprint density at radius 1 is 1.43 bits per heavy atom. The van der Waals surface area contributed by atoms with E-state index in [1.54, 1.807) is 24.5 Å². The molecule has 0 spiro atoms. The van der Waals surface area contributed by atoms with Crippen LogP contribution in [0.3, 0.4) is 0 Å². The third-order valence-corrected chi connectivity index (χ3v) is 4.76. The van der Waals surface area contributed by atoms with E-state index in [1.807, 2.05) is 0 Å². The van der Waals surface area contributed by atoms with E-state index in [0.717, 1.165) is 0 Å². The Labute approximate surface area is 122 Å². The van der Waals surface area contributed by atoms with Crippen molar-refractivity contribution >= 4 is 22.2 Å². The number of nitrogens with one attached hydrogen (secondary N) is 1. The highest BCUT2D eigenvalue weighted by molar-refractivity contribution is 7.89. The molecule has 0 bridgehead atoms. The summed E-state index contributed by atoms with van der Waals surface area (Å²) in [7, 11) is -3.91. The third-order valence-electron chi connectivity index (χ3n) is 3.27. The Bertz CT molecular complexity index is 617. The summed E-state index contributed by atoms with van der Waals surface area (Å²) in [6, 6.07) is 5.56. The van der Waals surface area contributed by atoms with Gasteiger partial charge in [0.2, 0.25) is 22.2 Å². The zero-order chi connectivity index (χ0) is 15.5. The number of rotatable bonds is 6. The van der Waals surface area contributed by atoms with Gasteiger partial charge in [-0.3, -0.25) is 9.59 Å². The summed E-state index contributed by atoms with van der Waals surface area (Å²) in [4.78, 5) is 23.9. The zero-order valence-electron chi connectivity index (χ0n) is 11.1. The predicted octanol–water partition coefficient (Wildman–Crippen LogP) is -0.964. The molecule has 0 saturated carbocycles. The van der Waals surface area contributed by atoms with Crippen LogP contribution in [0.5, 0.6) is 0 Å². The minimum Gasteiger partial charge on any atom is -0.394 e. The van der Waals surface area contributed by atoms with Crippen molar-refractivity contribution < 1.29 is 23.1 Å². The van der Waals surface area contributed by atoms with Crippen molar-refractivity contribution in [1.29, 1.82) is 0 Å². The van der Waals surface area contributed by atoms with Gasteiger partial charge < -0.3 is 10.0 Å².